The Morgan fingerprint density at radius 1 is 0.382 bits per heavy atom. The first kappa shape index (κ1) is 72.1. The number of esters is 3. The number of hydrogen-bond acceptors (Lipinski definition) is 10. The second-order valence-electron chi connectivity index (χ2n) is 19.4. The third kappa shape index (κ3) is 54.9. The number of unbranched alkanes of at least 4 members (excludes halogenated alkanes) is 19. The van der Waals surface area contributed by atoms with Crippen LogP contribution in [0.1, 0.15) is 239 Å². The fourth-order valence-corrected chi connectivity index (χ4v) is 8.39. The molecule has 0 rings (SSSR count). The van der Waals surface area contributed by atoms with Gasteiger partial charge in [0, 0.05) is 19.3 Å². The van der Waals surface area contributed by atoms with E-state index in [2.05, 4.69) is 130 Å². The van der Waals surface area contributed by atoms with Crippen molar-refractivity contribution in [3.05, 3.63) is 109 Å². The number of aliphatic hydroxyl groups is 1. The molecule has 3 unspecified atom stereocenters. The number of aliphatic hydroxyl groups excluding tert-OH is 1. The third-order valence-corrected chi connectivity index (χ3v) is 13.1. The van der Waals surface area contributed by atoms with Gasteiger partial charge in [0.05, 0.1) is 19.8 Å². The van der Waals surface area contributed by atoms with Gasteiger partial charge >= 0.3 is 25.7 Å². The fraction of sp³-hybridized carbons (Fsp3) is 0.672. The highest BCUT2D eigenvalue weighted by Gasteiger charge is 2.28. The molecule has 0 saturated heterocycles. The first-order chi connectivity index (χ1) is 37.2. The van der Waals surface area contributed by atoms with E-state index in [4.69, 9.17) is 23.3 Å². The van der Waals surface area contributed by atoms with Crippen LogP contribution in [0.2, 0.25) is 0 Å². The van der Waals surface area contributed by atoms with Crippen LogP contribution in [-0.2, 0) is 42.2 Å². The first-order valence-electron chi connectivity index (χ1n) is 29.8. The van der Waals surface area contributed by atoms with Crippen molar-refractivity contribution in [2.75, 3.05) is 26.4 Å². The van der Waals surface area contributed by atoms with Crippen molar-refractivity contribution < 1.29 is 52.2 Å². The standard InChI is InChI=1S/C64H107O11P/c1-4-7-10-13-16-19-22-24-26-28-30-32-34-36-39-41-44-47-50-53-62(66)71-57-61(75-64(68)55-52-49-46-43-40-37-35-33-31-29-27-25-23-20-17-14-11-8-5-2)59-73-76(69,70)72-58-60(56-65)74-63(67)54-51-48-45-42-38-21-18-15-12-9-6-3/h8,11,15-20,24-27,30-33,37,40,60-61,65H,4-7,9-10,12-14,21-23,28-29,34-36,38-39,41-59H2,1-3H3,(H,69,70)/b11-8-,18-15-,19-16-,20-17-,26-24-,27-25-,32-30-,33-31-,40-37-. The summed E-state index contributed by atoms with van der Waals surface area (Å²) in [6.07, 6.45) is 69.0. The molecule has 0 heterocycles. The zero-order valence-corrected chi connectivity index (χ0v) is 48.8. The molecule has 0 amide bonds. The van der Waals surface area contributed by atoms with E-state index in [1.165, 1.54) is 38.5 Å². The van der Waals surface area contributed by atoms with Crippen molar-refractivity contribution >= 4 is 25.7 Å². The number of carbonyl (C=O) groups is 3. The monoisotopic (exact) mass is 1080 g/mol. The molecule has 0 radical (unpaired) electrons. The van der Waals surface area contributed by atoms with Gasteiger partial charge in [-0.2, -0.15) is 0 Å². The summed E-state index contributed by atoms with van der Waals surface area (Å²) >= 11 is 0. The lowest BCUT2D eigenvalue weighted by Gasteiger charge is -2.21. The van der Waals surface area contributed by atoms with Crippen LogP contribution >= 0.6 is 7.82 Å². The molecular weight excluding hydrogens is 976 g/mol. The predicted molar refractivity (Wildman–Crippen MR) is 316 cm³/mol. The SMILES string of the molecule is CC/C=C\C/C=C\C/C=C\C/C=C\C/C=C\CCCCCC(=O)OC(COC(=O)CCCCCCCC/C=C\C/C=C\C/C=C\CCCCC)COP(=O)(O)OCC(CO)OC(=O)CCCCCCC/C=C\CCCC. The predicted octanol–water partition coefficient (Wildman–Crippen LogP) is 17.8. The van der Waals surface area contributed by atoms with Gasteiger partial charge in [0.15, 0.2) is 6.10 Å². The van der Waals surface area contributed by atoms with Crippen molar-refractivity contribution in [3.63, 3.8) is 0 Å². The number of ether oxygens (including phenoxy) is 3. The first-order valence-corrected chi connectivity index (χ1v) is 31.3. The summed E-state index contributed by atoms with van der Waals surface area (Å²) in [5.41, 5.74) is 0. The highest BCUT2D eigenvalue weighted by molar-refractivity contribution is 7.47. The summed E-state index contributed by atoms with van der Waals surface area (Å²) in [5.74, 6) is -1.54. The number of phosphoric ester groups is 1. The van der Waals surface area contributed by atoms with Crippen LogP contribution in [0.5, 0.6) is 0 Å². The zero-order valence-electron chi connectivity index (χ0n) is 47.9. The van der Waals surface area contributed by atoms with Crippen molar-refractivity contribution in [2.24, 2.45) is 0 Å². The molecule has 0 aliphatic rings. The zero-order chi connectivity index (χ0) is 55.5. The molecule has 0 spiro atoms. The number of allylic oxidation sites excluding steroid dienone is 18. The second-order valence-corrected chi connectivity index (χ2v) is 20.9. The fourth-order valence-electron chi connectivity index (χ4n) is 7.60. The van der Waals surface area contributed by atoms with Crippen LogP contribution in [0, 0.1) is 0 Å². The Bertz CT molecular complexity index is 1690. The summed E-state index contributed by atoms with van der Waals surface area (Å²) < 4.78 is 39.5. The molecule has 2 N–H and O–H groups in total. The Balaban J connectivity index is 4.82. The van der Waals surface area contributed by atoms with Crippen molar-refractivity contribution in [1.29, 1.82) is 0 Å². The van der Waals surface area contributed by atoms with Crippen LogP contribution in [0.25, 0.3) is 0 Å². The summed E-state index contributed by atoms with van der Waals surface area (Å²) in [4.78, 5) is 48.6. The Morgan fingerprint density at radius 3 is 1.12 bits per heavy atom. The van der Waals surface area contributed by atoms with E-state index in [1.807, 2.05) is 0 Å². The van der Waals surface area contributed by atoms with Gasteiger partial charge in [0.1, 0.15) is 12.7 Å². The summed E-state index contributed by atoms with van der Waals surface area (Å²) in [6.45, 7) is 4.39. The average molecular weight is 1080 g/mol. The Kier molecular flexibility index (Phi) is 54.4. The molecular formula is C64H107O11P. The Morgan fingerprint density at radius 2 is 0.697 bits per heavy atom. The van der Waals surface area contributed by atoms with E-state index in [0.717, 1.165) is 141 Å². The van der Waals surface area contributed by atoms with Crippen LogP contribution < -0.4 is 0 Å². The minimum absolute atomic E-state index is 0.120. The lowest BCUT2D eigenvalue weighted by molar-refractivity contribution is -0.161. The number of phosphoric acid groups is 1. The van der Waals surface area contributed by atoms with Gasteiger partial charge in [-0.15, -0.1) is 0 Å². The van der Waals surface area contributed by atoms with Gasteiger partial charge < -0.3 is 24.2 Å². The third-order valence-electron chi connectivity index (χ3n) is 12.1. The minimum Gasteiger partial charge on any atom is -0.462 e. The highest BCUT2D eigenvalue weighted by Crippen LogP contribution is 2.43. The van der Waals surface area contributed by atoms with E-state index in [9.17, 15) is 28.9 Å². The van der Waals surface area contributed by atoms with Crippen LogP contribution in [0.4, 0.5) is 0 Å². The quantitative estimate of drug-likeness (QED) is 0.0197. The number of carbonyl (C=O) groups excluding carboxylic acids is 3. The molecule has 0 aromatic rings. The van der Waals surface area contributed by atoms with Gasteiger partial charge in [-0.3, -0.25) is 23.4 Å². The molecule has 0 aromatic heterocycles. The van der Waals surface area contributed by atoms with Gasteiger partial charge in [-0.25, -0.2) is 4.57 Å². The normalized spacial score (nSPS) is 14.1. The van der Waals surface area contributed by atoms with E-state index >= 15 is 0 Å². The maximum absolute atomic E-state index is 12.9. The second kappa shape index (κ2) is 57.3. The maximum atomic E-state index is 12.9. The molecule has 0 aromatic carbocycles. The molecule has 0 saturated carbocycles. The van der Waals surface area contributed by atoms with Gasteiger partial charge in [0.2, 0.25) is 0 Å². The topological polar surface area (TPSA) is 155 Å². The van der Waals surface area contributed by atoms with Crippen molar-refractivity contribution in [1.82, 2.24) is 0 Å². The minimum atomic E-state index is -4.77. The molecule has 0 aliphatic carbocycles. The smallest absolute Gasteiger partial charge is 0.462 e. The molecule has 76 heavy (non-hydrogen) atoms. The summed E-state index contributed by atoms with van der Waals surface area (Å²) in [6, 6.07) is 0. The average Bonchev–Trinajstić information content (AvgIpc) is 3.41. The lowest BCUT2D eigenvalue weighted by atomic mass is 10.1. The van der Waals surface area contributed by atoms with Crippen molar-refractivity contribution in [3.8, 4) is 0 Å². The Hall–Kier alpha value is -3.86. The van der Waals surface area contributed by atoms with Gasteiger partial charge in [0.25, 0.3) is 0 Å². The van der Waals surface area contributed by atoms with Crippen LogP contribution in [0.15, 0.2) is 109 Å². The molecule has 0 aliphatic heterocycles. The van der Waals surface area contributed by atoms with Crippen molar-refractivity contribution in [2.45, 2.75) is 251 Å². The largest absolute Gasteiger partial charge is 0.472 e. The van der Waals surface area contributed by atoms with E-state index in [1.54, 1.807) is 0 Å². The highest BCUT2D eigenvalue weighted by atomic mass is 31.2. The van der Waals surface area contributed by atoms with E-state index in [-0.39, 0.29) is 25.9 Å². The molecule has 3 atom stereocenters. The van der Waals surface area contributed by atoms with E-state index in [0.29, 0.717) is 19.3 Å². The van der Waals surface area contributed by atoms with Gasteiger partial charge in [-0.1, -0.05) is 207 Å². The number of hydrogen-bond donors (Lipinski definition) is 2. The van der Waals surface area contributed by atoms with Gasteiger partial charge in [-0.05, 0) is 122 Å². The van der Waals surface area contributed by atoms with E-state index < -0.39 is 57.8 Å². The Labute approximate surface area is 463 Å². The molecule has 434 valence electrons. The summed E-state index contributed by atoms with van der Waals surface area (Å²) in [5, 5.41) is 9.80. The lowest BCUT2D eigenvalue weighted by Crippen LogP contribution is -2.30. The maximum Gasteiger partial charge on any atom is 0.472 e. The molecule has 11 nitrogen and oxygen atoms in total. The molecule has 0 fully saturated rings. The molecule has 0 bridgehead atoms. The number of rotatable bonds is 54. The summed E-state index contributed by atoms with van der Waals surface area (Å²) in [7, 11) is -4.77. The molecule has 12 heteroatoms. The van der Waals surface area contributed by atoms with Crippen LogP contribution in [0.3, 0.4) is 0 Å². The van der Waals surface area contributed by atoms with Crippen LogP contribution in [-0.4, -0.2) is 66.5 Å².